The highest BCUT2D eigenvalue weighted by atomic mass is 19.1. The molecule has 0 aliphatic carbocycles. The van der Waals surface area contributed by atoms with Gasteiger partial charge >= 0.3 is 0 Å². The minimum Gasteiger partial charge on any atom is -0.418 e. The van der Waals surface area contributed by atoms with Gasteiger partial charge in [0, 0.05) is 24.5 Å². The van der Waals surface area contributed by atoms with Gasteiger partial charge in [-0.15, -0.1) is 10.2 Å². The van der Waals surface area contributed by atoms with E-state index < -0.39 is 0 Å². The molecule has 0 spiro atoms. The molecule has 2 aromatic heterocycles. The second kappa shape index (κ2) is 7.65. The number of piperidine rings is 1. The Labute approximate surface area is 156 Å². The van der Waals surface area contributed by atoms with E-state index in [0.29, 0.717) is 18.3 Å². The molecular formula is C20H19FN4O2. The van der Waals surface area contributed by atoms with E-state index in [9.17, 15) is 9.18 Å². The number of rotatable bonds is 4. The molecule has 7 heteroatoms. The summed E-state index contributed by atoms with van der Waals surface area (Å²) in [6.07, 6.45) is 6.28. The molecule has 3 aromatic rings. The van der Waals surface area contributed by atoms with Crippen molar-refractivity contribution in [3.63, 3.8) is 0 Å². The molecule has 0 saturated carbocycles. The van der Waals surface area contributed by atoms with Crippen molar-refractivity contribution >= 4 is 5.91 Å². The van der Waals surface area contributed by atoms with E-state index in [1.807, 2.05) is 0 Å². The number of carbonyl (C=O) groups excluding carboxylic acids is 1. The number of likely N-dealkylation sites (tertiary alicyclic amines) is 1. The first-order valence-electron chi connectivity index (χ1n) is 8.98. The van der Waals surface area contributed by atoms with Crippen LogP contribution in [0.5, 0.6) is 0 Å². The van der Waals surface area contributed by atoms with Crippen LogP contribution in [0.2, 0.25) is 0 Å². The minimum atomic E-state index is -0.309. The van der Waals surface area contributed by atoms with Crippen LogP contribution in [0.15, 0.2) is 53.2 Å². The Morgan fingerprint density at radius 3 is 2.67 bits per heavy atom. The lowest BCUT2D eigenvalue weighted by molar-refractivity contribution is -0.134. The summed E-state index contributed by atoms with van der Waals surface area (Å²) < 4.78 is 18.9. The molecule has 6 nitrogen and oxygen atoms in total. The molecule has 27 heavy (non-hydrogen) atoms. The summed E-state index contributed by atoms with van der Waals surface area (Å²) in [4.78, 5) is 18.6. The van der Waals surface area contributed by atoms with Crippen LogP contribution in [0, 0.1) is 5.82 Å². The lowest BCUT2D eigenvalue weighted by atomic mass is 10.0. The Hall–Kier alpha value is -3.09. The zero-order valence-corrected chi connectivity index (χ0v) is 14.7. The monoisotopic (exact) mass is 366 g/mol. The normalized spacial score (nSPS) is 17.1. The molecule has 1 saturated heterocycles. The average molecular weight is 366 g/mol. The smallest absolute Gasteiger partial charge is 0.247 e. The molecule has 138 valence electrons. The zero-order valence-electron chi connectivity index (χ0n) is 14.7. The van der Waals surface area contributed by atoms with Gasteiger partial charge in [-0.05, 0) is 49.1 Å². The maximum atomic E-state index is 13.1. The summed E-state index contributed by atoms with van der Waals surface area (Å²) in [6.45, 7) is 0.650. The van der Waals surface area contributed by atoms with Gasteiger partial charge in [-0.2, -0.15) is 0 Å². The number of halogens is 1. The number of nitrogens with zero attached hydrogens (tertiary/aromatic N) is 4. The molecule has 1 aliphatic rings. The first-order chi connectivity index (χ1) is 13.2. The van der Waals surface area contributed by atoms with E-state index in [4.69, 9.17) is 4.42 Å². The molecule has 0 bridgehead atoms. The Morgan fingerprint density at radius 1 is 1.11 bits per heavy atom. The highest BCUT2D eigenvalue weighted by Crippen LogP contribution is 2.32. The molecule has 1 fully saturated rings. The maximum absolute atomic E-state index is 13.1. The summed E-state index contributed by atoms with van der Waals surface area (Å²) in [6, 6.07) is 9.39. The molecule has 3 heterocycles. The first-order valence-corrected chi connectivity index (χ1v) is 8.98. The number of aromatic nitrogens is 3. The molecule has 1 aromatic carbocycles. The molecule has 1 atom stereocenters. The minimum absolute atomic E-state index is 0.0185. The van der Waals surface area contributed by atoms with Crippen LogP contribution < -0.4 is 0 Å². The van der Waals surface area contributed by atoms with E-state index in [1.54, 1.807) is 41.6 Å². The highest BCUT2D eigenvalue weighted by Gasteiger charge is 2.32. The first kappa shape index (κ1) is 17.3. The van der Waals surface area contributed by atoms with Crippen molar-refractivity contribution in [1.82, 2.24) is 20.1 Å². The van der Waals surface area contributed by atoms with E-state index in [2.05, 4.69) is 15.2 Å². The number of pyridine rings is 1. The van der Waals surface area contributed by atoms with E-state index in [0.717, 1.165) is 30.4 Å². The molecular weight excluding hydrogens is 347 g/mol. The van der Waals surface area contributed by atoms with E-state index in [1.165, 1.54) is 12.1 Å². The van der Waals surface area contributed by atoms with Crippen LogP contribution in [-0.4, -0.2) is 32.5 Å². The van der Waals surface area contributed by atoms with Crippen molar-refractivity contribution < 1.29 is 13.6 Å². The second-order valence-corrected chi connectivity index (χ2v) is 6.58. The third kappa shape index (κ3) is 3.86. The molecule has 0 N–H and O–H groups in total. The number of carbonyl (C=O) groups is 1. The predicted octanol–water partition coefficient (Wildman–Crippen LogP) is 3.57. The summed E-state index contributed by atoms with van der Waals surface area (Å²) >= 11 is 0. The fourth-order valence-electron chi connectivity index (χ4n) is 3.35. The molecule has 4 rings (SSSR count). The van der Waals surface area contributed by atoms with Gasteiger partial charge in [0.1, 0.15) is 11.9 Å². The molecule has 1 aliphatic heterocycles. The van der Waals surface area contributed by atoms with Gasteiger partial charge in [0.2, 0.25) is 17.7 Å². The highest BCUT2D eigenvalue weighted by molar-refractivity contribution is 5.79. The number of hydrogen-bond acceptors (Lipinski definition) is 5. The van der Waals surface area contributed by atoms with Crippen molar-refractivity contribution in [3.8, 4) is 11.5 Å². The Morgan fingerprint density at radius 2 is 1.89 bits per heavy atom. The summed E-state index contributed by atoms with van der Waals surface area (Å²) in [5.41, 5.74) is 1.58. The molecule has 0 radical (unpaired) electrons. The average Bonchev–Trinajstić information content (AvgIpc) is 3.20. The van der Waals surface area contributed by atoms with Gasteiger partial charge in [-0.1, -0.05) is 12.1 Å². The van der Waals surface area contributed by atoms with Crippen molar-refractivity contribution in [2.45, 2.75) is 31.7 Å². The SMILES string of the molecule is O=C(Cc1ccc(F)cc1)N1CCCCC1c1nnc(-c2ccncc2)o1. The van der Waals surface area contributed by atoms with Gasteiger partial charge in [-0.3, -0.25) is 9.78 Å². The zero-order chi connectivity index (χ0) is 18.6. The number of benzene rings is 1. The van der Waals surface area contributed by atoms with Crippen LogP contribution in [0.1, 0.15) is 36.8 Å². The number of amides is 1. The van der Waals surface area contributed by atoms with Gasteiger partial charge in [0.15, 0.2) is 0 Å². The summed E-state index contributed by atoms with van der Waals surface area (Å²) in [5.74, 6) is 0.546. The predicted molar refractivity (Wildman–Crippen MR) is 95.9 cm³/mol. The van der Waals surface area contributed by atoms with Crippen LogP contribution in [0.25, 0.3) is 11.5 Å². The lowest BCUT2D eigenvalue weighted by Crippen LogP contribution is -2.39. The van der Waals surface area contributed by atoms with Gasteiger partial charge in [0.05, 0.1) is 6.42 Å². The fraction of sp³-hybridized carbons (Fsp3) is 0.300. The quantitative estimate of drug-likeness (QED) is 0.706. The second-order valence-electron chi connectivity index (χ2n) is 6.58. The van der Waals surface area contributed by atoms with Crippen molar-refractivity contribution in [1.29, 1.82) is 0 Å². The third-order valence-electron chi connectivity index (χ3n) is 4.74. The van der Waals surface area contributed by atoms with Crippen molar-refractivity contribution in [2.75, 3.05) is 6.54 Å². The Balaban J connectivity index is 1.53. The van der Waals surface area contributed by atoms with Crippen LogP contribution in [0.4, 0.5) is 4.39 Å². The van der Waals surface area contributed by atoms with Gasteiger partial charge in [0.25, 0.3) is 0 Å². The molecule has 1 amide bonds. The number of hydrogen-bond donors (Lipinski definition) is 0. The Kier molecular flexibility index (Phi) is 4.91. The van der Waals surface area contributed by atoms with Gasteiger partial charge < -0.3 is 9.32 Å². The summed E-state index contributed by atoms with van der Waals surface area (Å²) in [5, 5.41) is 8.31. The standard InChI is InChI=1S/C20H19FN4O2/c21-16-6-4-14(5-7-16)13-18(26)25-12-2-1-3-17(25)20-24-23-19(27-20)15-8-10-22-11-9-15/h4-11,17H,1-3,12-13H2. The van der Waals surface area contributed by atoms with Crippen LogP contribution in [0.3, 0.4) is 0 Å². The topological polar surface area (TPSA) is 72.1 Å². The Bertz CT molecular complexity index is 911. The van der Waals surface area contributed by atoms with Crippen molar-refractivity contribution in [2.24, 2.45) is 0 Å². The third-order valence-corrected chi connectivity index (χ3v) is 4.74. The lowest BCUT2D eigenvalue weighted by Gasteiger charge is -2.33. The fourth-order valence-corrected chi connectivity index (χ4v) is 3.35. The van der Waals surface area contributed by atoms with E-state index in [-0.39, 0.29) is 24.2 Å². The van der Waals surface area contributed by atoms with Crippen LogP contribution in [-0.2, 0) is 11.2 Å². The van der Waals surface area contributed by atoms with Crippen molar-refractivity contribution in [3.05, 3.63) is 66.1 Å². The van der Waals surface area contributed by atoms with E-state index >= 15 is 0 Å². The van der Waals surface area contributed by atoms with Crippen LogP contribution >= 0.6 is 0 Å². The maximum Gasteiger partial charge on any atom is 0.247 e. The summed E-state index contributed by atoms with van der Waals surface area (Å²) in [7, 11) is 0. The largest absolute Gasteiger partial charge is 0.418 e. The van der Waals surface area contributed by atoms with Gasteiger partial charge in [-0.25, -0.2) is 4.39 Å². The molecule has 1 unspecified atom stereocenters.